The minimum atomic E-state index is -0.273. The normalized spacial score (nSPS) is 13.5. The van der Waals surface area contributed by atoms with Gasteiger partial charge in [-0.15, -0.1) is 11.8 Å². The predicted molar refractivity (Wildman–Crippen MR) is 89.5 cm³/mol. The highest BCUT2D eigenvalue weighted by Crippen LogP contribution is 2.24. The quantitative estimate of drug-likeness (QED) is 0.823. The van der Waals surface area contributed by atoms with E-state index >= 15 is 0 Å². The third kappa shape index (κ3) is 4.60. The first-order valence-corrected chi connectivity index (χ1v) is 8.13. The second kappa shape index (κ2) is 7.45. The lowest BCUT2D eigenvalue weighted by molar-refractivity contribution is -0.120. The van der Waals surface area contributed by atoms with Gasteiger partial charge in [0.2, 0.25) is 5.91 Å². The number of amides is 1. The number of benzene rings is 2. The minimum Gasteiger partial charge on any atom is -0.349 e. The summed E-state index contributed by atoms with van der Waals surface area (Å²) in [6.45, 7) is 5.82. The predicted octanol–water partition coefficient (Wildman–Crippen LogP) is 4.49. The van der Waals surface area contributed by atoms with Gasteiger partial charge in [-0.2, -0.15) is 0 Å². The highest BCUT2D eigenvalue weighted by molar-refractivity contribution is 8.00. The second-order valence-corrected chi connectivity index (χ2v) is 6.77. The van der Waals surface area contributed by atoms with E-state index in [9.17, 15) is 9.18 Å². The zero-order valence-electron chi connectivity index (χ0n) is 13.0. The standard InChI is InChI=1S/C18H20FNOS/c1-12-4-10-17(11-5-12)22-14(3)18(21)20-13(2)15-6-8-16(19)9-7-15/h4-11,13-14H,1-3H3,(H,20,21)/t13-,14-/m0/s1. The molecule has 1 N–H and O–H groups in total. The first-order chi connectivity index (χ1) is 10.5. The van der Waals surface area contributed by atoms with Crippen molar-refractivity contribution in [1.82, 2.24) is 5.32 Å². The summed E-state index contributed by atoms with van der Waals surface area (Å²) in [6, 6.07) is 14.2. The van der Waals surface area contributed by atoms with Crippen LogP contribution in [-0.4, -0.2) is 11.2 Å². The van der Waals surface area contributed by atoms with Crippen molar-refractivity contribution >= 4 is 17.7 Å². The van der Waals surface area contributed by atoms with Crippen LogP contribution in [0.5, 0.6) is 0 Å². The number of halogens is 1. The molecule has 0 fully saturated rings. The van der Waals surface area contributed by atoms with Crippen LogP contribution in [0.15, 0.2) is 53.4 Å². The number of thioether (sulfide) groups is 1. The summed E-state index contributed by atoms with van der Waals surface area (Å²) in [4.78, 5) is 13.3. The molecule has 0 bridgehead atoms. The van der Waals surface area contributed by atoms with Crippen molar-refractivity contribution < 1.29 is 9.18 Å². The second-order valence-electron chi connectivity index (χ2n) is 5.35. The van der Waals surface area contributed by atoms with Crippen molar-refractivity contribution in [3.8, 4) is 0 Å². The minimum absolute atomic E-state index is 0.0256. The number of aryl methyl sites for hydroxylation is 1. The fourth-order valence-corrected chi connectivity index (χ4v) is 2.92. The van der Waals surface area contributed by atoms with Gasteiger partial charge in [0.25, 0.3) is 0 Å². The van der Waals surface area contributed by atoms with E-state index in [2.05, 4.69) is 5.32 Å². The lowest BCUT2D eigenvalue weighted by Crippen LogP contribution is -2.33. The molecular formula is C18H20FNOS. The van der Waals surface area contributed by atoms with Crippen LogP contribution in [-0.2, 0) is 4.79 Å². The molecule has 2 aromatic rings. The zero-order chi connectivity index (χ0) is 16.1. The SMILES string of the molecule is Cc1ccc(S[C@@H](C)C(=O)N[C@@H](C)c2ccc(F)cc2)cc1. The van der Waals surface area contributed by atoms with Gasteiger partial charge in [0.1, 0.15) is 5.82 Å². The molecule has 0 aliphatic heterocycles. The third-order valence-electron chi connectivity index (χ3n) is 3.43. The van der Waals surface area contributed by atoms with E-state index in [-0.39, 0.29) is 23.0 Å². The van der Waals surface area contributed by atoms with Gasteiger partial charge in [0.15, 0.2) is 0 Å². The van der Waals surface area contributed by atoms with Gasteiger partial charge in [0.05, 0.1) is 11.3 Å². The van der Waals surface area contributed by atoms with Crippen LogP contribution in [0.1, 0.15) is 31.0 Å². The maximum Gasteiger partial charge on any atom is 0.233 e. The number of carbonyl (C=O) groups is 1. The van der Waals surface area contributed by atoms with E-state index in [1.165, 1.54) is 29.5 Å². The van der Waals surface area contributed by atoms with Crippen LogP contribution in [0.2, 0.25) is 0 Å². The lowest BCUT2D eigenvalue weighted by atomic mass is 10.1. The Kier molecular flexibility index (Phi) is 5.61. The van der Waals surface area contributed by atoms with Crippen molar-refractivity contribution in [1.29, 1.82) is 0 Å². The Morgan fingerprint density at radius 3 is 2.23 bits per heavy atom. The molecule has 0 saturated carbocycles. The molecule has 4 heteroatoms. The molecule has 22 heavy (non-hydrogen) atoms. The molecule has 0 unspecified atom stereocenters. The maximum absolute atomic E-state index is 12.9. The van der Waals surface area contributed by atoms with Gasteiger partial charge in [0, 0.05) is 4.90 Å². The van der Waals surface area contributed by atoms with Crippen LogP contribution in [0.25, 0.3) is 0 Å². The molecule has 0 aliphatic carbocycles. The van der Waals surface area contributed by atoms with Crippen molar-refractivity contribution in [2.24, 2.45) is 0 Å². The molecule has 2 rings (SSSR count). The smallest absolute Gasteiger partial charge is 0.233 e. The fourth-order valence-electron chi connectivity index (χ4n) is 2.04. The summed E-state index contributed by atoms with van der Waals surface area (Å²) < 4.78 is 12.9. The number of nitrogens with one attached hydrogen (secondary N) is 1. The van der Waals surface area contributed by atoms with Gasteiger partial charge in [-0.3, -0.25) is 4.79 Å². The van der Waals surface area contributed by atoms with E-state index in [1.54, 1.807) is 12.1 Å². The first kappa shape index (κ1) is 16.6. The summed E-state index contributed by atoms with van der Waals surface area (Å²) in [5.41, 5.74) is 2.09. The summed E-state index contributed by atoms with van der Waals surface area (Å²) in [7, 11) is 0. The summed E-state index contributed by atoms with van der Waals surface area (Å²) >= 11 is 1.53. The van der Waals surface area contributed by atoms with Crippen LogP contribution in [0.3, 0.4) is 0 Å². The van der Waals surface area contributed by atoms with Crippen LogP contribution >= 0.6 is 11.8 Å². The van der Waals surface area contributed by atoms with Gasteiger partial charge >= 0.3 is 0 Å². The van der Waals surface area contributed by atoms with E-state index in [0.717, 1.165) is 10.5 Å². The van der Waals surface area contributed by atoms with Crippen molar-refractivity contribution in [3.05, 3.63) is 65.5 Å². The van der Waals surface area contributed by atoms with E-state index in [1.807, 2.05) is 45.0 Å². The Balaban J connectivity index is 1.93. The molecule has 0 aromatic heterocycles. The van der Waals surface area contributed by atoms with Crippen molar-refractivity contribution in [2.75, 3.05) is 0 Å². The summed E-state index contributed by atoms with van der Waals surface area (Å²) in [5.74, 6) is -0.298. The van der Waals surface area contributed by atoms with Gasteiger partial charge in [-0.1, -0.05) is 29.8 Å². The van der Waals surface area contributed by atoms with E-state index in [4.69, 9.17) is 0 Å². The molecule has 0 radical (unpaired) electrons. The maximum atomic E-state index is 12.9. The Bertz CT molecular complexity index is 625. The van der Waals surface area contributed by atoms with Crippen molar-refractivity contribution in [3.63, 3.8) is 0 Å². The molecule has 0 heterocycles. The Labute approximate surface area is 135 Å². The molecule has 2 aromatic carbocycles. The number of carbonyl (C=O) groups excluding carboxylic acids is 1. The van der Waals surface area contributed by atoms with Crippen LogP contribution in [0, 0.1) is 12.7 Å². The molecule has 0 spiro atoms. The molecular weight excluding hydrogens is 297 g/mol. The number of hydrogen-bond acceptors (Lipinski definition) is 2. The average Bonchev–Trinajstić information content (AvgIpc) is 2.50. The van der Waals surface area contributed by atoms with E-state index in [0.29, 0.717) is 0 Å². The molecule has 116 valence electrons. The average molecular weight is 317 g/mol. The molecule has 2 atom stereocenters. The molecule has 0 saturated heterocycles. The number of hydrogen-bond donors (Lipinski definition) is 1. The van der Waals surface area contributed by atoms with E-state index < -0.39 is 0 Å². The molecule has 1 amide bonds. The summed E-state index contributed by atoms with van der Waals surface area (Å²) in [6.07, 6.45) is 0. The zero-order valence-corrected chi connectivity index (χ0v) is 13.8. The Morgan fingerprint density at radius 1 is 1.05 bits per heavy atom. The largest absolute Gasteiger partial charge is 0.349 e. The van der Waals surface area contributed by atoms with Crippen LogP contribution in [0.4, 0.5) is 4.39 Å². The monoisotopic (exact) mass is 317 g/mol. The fraction of sp³-hybridized carbons (Fsp3) is 0.278. The first-order valence-electron chi connectivity index (χ1n) is 7.25. The molecule has 0 aliphatic rings. The topological polar surface area (TPSA) is 29.1 Å². The summed E-state index contributed by atoms with van der Waals surface area (Å²) in [5, 5.41) is 2.78. The lowest BCUT2D eigenvalue weighted by Gasteiger charge is -2.18. The van der Waals surface area contributed by atoms with Crippen LogP contribution < -0.4 is 5.32 Å². The van der Waals surface area contributed by atoms with Crippen molar-refractivity contribution in [2.45, 2.75) is 37.0 Å². The highest BCUT2D eigenvalue weighted by Gasteiger charge is 2.17. The Hall–Kier alpha value is -1.81. The molecule has 2 nitrogen and oxygen atoms in total. The third-order valence-corrected chi connectivity index (χ3v) is 4.54. The number of rotatable bonds is 5. The highest BCUT2D eigenvalue weighted by atomic mass is 32.2. The Morgan fingerprint density at radius 2 is 1.64 bits per heavy atom. The van der Waals surface area contributed by atoms with Gasteiger partial charge < -0.3 is 5.32 Å². The van der Waals surface area contributed by atoms with Gasteiger partial charge in [-0.05, 0) is 50.6 Å². The van der Waals surface area contributed by atoms with Gasteiger partial charge in [-0.25, -0.2) is 4.39 Å².